The first-order valence-electron chi connectivity index (χ1n) is 12.6. The molecule has 3 atom stereocenters. The average Bonchev–Trinajstić information content (AvgIpc) is 3.52. The van der Waals surface area contributed by atoms with Crippen LogP contribution in [0.2, 0.25) is 10.0 Å². The first-order chi connectivity index (χ1) is 19.6. The first kappa shape index (κ1) is 28.3. The van der Waals surface area contributed by atoms with Gasteiger partial charge in [-0.3, -0.25) is 14.4 Å². The largest absolute Gasteiger partial charge is 0.480 e. The lowest BCUT2D eigenvalue weighted by Crippen LogP contribution is -2.45. The van der Waals surface area contributed by atoms with Crippen molar-refractivity contribution in [3.05, 3.63) is 87.4 Å². The summed E-state index contributed by atoms with van der Waals surface area (Å²) in [6.45, 7) is 0.0888. The molecule has 212 valence electrons. The average molecular weight is 598 g/mol. The number of ether oxygens (including phenoxy) is 2. The fraction of sp³-hybridized carbons (Fsp3) is 0.241. The lowest BCUT2D eigenvalue weighted by molar-refractivity contribution is -0.142. The van der Waals surface area contributed by atoms with E-state index in [2.05, 4.69) is 10.6 Å². The molecule has 0 aliphatic carbocycles. The highest BCUT2D eigenvalue weighted by Crippen LogP contribution is 2.41. The molecule has 3 amide bonds. The number of benzene rings is 3. The number of carbonyl (C=O) groups excluding carboxylic acids is 3. The number of carbonyl (C=O) groups is 4. The van der Waals surface area contributed by atoms with Gasteiger partial charge in [-0.05, 0) is 47.5 Å². The van der Waals surface area contributed by atoms with Crippen LogP contribution in [0.5, 0.6) is 11.5 Å². The fourth-order valence-corrected chi connectivity index (χ4v) is 5.57. The van der Waals surface area contributed by atoms with Crippen molar-refractivity contribution >= 4 is 52.6 Å². The van der Waals surface area contributed by atoms with E-state index in [9.17, 15) is 24.3 Å². The van der Waals surface area contributed by atoms with E-state index in [0.717, 1.165) is 0 Å². The number of nitrogens with one attached hydrogen (secondary N) is 2. The van der Waals surface area contributed by atoms with Crippen LogP contribution in [-0.4, -0.2) is 53.6 Å². The maximum Gasteiger partial charge on any atom is 0.326 e. The number of halogens is 2. The number of anilines is 1. The highest BCUT2D eigenvalue weighted by molar-refractivity contribution is 6.40. The second-order valence-electron chi connectivity index (χ2n) is 9.72. The molecule has 3 aromatic carbocycles. The normalized spacial score (nSPS) is 18.2. The Balaban J connectivity index is 1.26. The molecule has 2 heterocycles. The van der Waals surface area contributed by atoms with Gasteiger partial charge in [-0.1, -0.05) is 47.5 Å². The van der Waals surface area contributed by atoms with Crippen LogP contribution in [0.3, 0.4) is 0 Å². The molecule has 1 saturated heterocycles. The van der Waals surface area contributed by atoms with Gasteiger partial charge in [0, 0.05) is 25.6 Å². The second-order valence-corrected chi connectivity index (χ2v) is 10.5. The van der Waals surface area contributed by atoms with Crippen LogP contribution < -0.4 is 20.1 Å². The van der Waals surface area contributed by atoms with Gasteiger partial charge in [-0.2, -0.15) is 0 Å². The van der Waals surface area contributed by atoms with Crippen LogP contribution in [0.25, 0.3) is 0 Å². The first-order valence-corrected chi connectivity index (χ1v) is 13.4. The van der Waals surface area contributed by atoms with E-state index in [1.54, 1.807) is 67.7 Å². The molecule has 10 nitrogen and oxygen atoms in total. The molecule has 0 saturated carbocycles. The van der Waals surface area contributed by atoms with Crippen molar-refractivity contribution in [2.45, 2.75) is 24.9 Å². The lowest BCUT2D eigenvalue weighted by Gasteiger charge is -2.26. The zero-order valence-electron chi connectivity index (χ0n) is 21.7. The number of hydrogen-bond acceptors (Lipinski definition) is 6. The van der Waals surface area contributed by atoms with Crippen molar-refractivity contribution in [1.29, 1.82) is 0 Å². The van der Waals surface area contributed by atoms with Crippen LogP contribution in [-0.2, 0) is 20.8 Å². The van der Waals surface area contributed by atoms with Gasteiger partial charge < -0.3 is 30.1 Å². The van der Waals surface area contributed by atoms with Gasteiger partial charge in [0.1, 0.15) is 6.04 Å². The maximum atomic E-state index is 13.3. The smallest absolute Gasteiger partial charge is 0.326 e. The van der Waals surface area contributed by atoms with Crippen LogP contribution in [0, 0.1) is 5.92 Å². The van der Waals surface area contributed by atoms with E-state index < -0.39 is 35.8 Å². The van der Waals surface area contributed by atoms with Gasteiger partial charge in [0.25, 0.3) is 5.91 Å². The van der Waals surface area contributed by atoms with Gasteiger partial charge in [-0.25, -0.2) is 4.79 Å². The number of fused-ring (bicyclic) bond motifs is 1. The summed E-state index contributed by atoms with van der Waals surface area (Å²) in [5.74, 6) is -2.19. The van der Waals surface area contributed by atoms with Gasteiger partial charge in [-0.15, -0.1) is 0 Å². The lowest BCUT2D eigenvalue weighted by atomic mass is 9.92. The molecule has 0 bridgehead atoms. The van der Waals surface area contributed by atoms with Crippen molar-refractivity contribution in [1.82, 2.24) is 10.2 Å². The minimum atomic E-state index is -1.25. The molecule has 3 aromatic rings. The number of nitrogens with zero attached hydrogens (tertiary/aromatic N) is 1. The minimum Gasteiger partial charge on any atom is -0.480 e. The number of hydrogen-bond donors (Lipinski definition) is 3. The van der Waals surface area contributed by atoms with Crippen molar-refractivity contribution in [2.24, 2.45) is 5.92 Å². The van der Waals surface area contributed by atoms with E-state index in [1.165, 1.54) is 4.90 Å². The Morgan fingerprint density at radius 2 is 1.71 bits per heavy atom. The Bertz CT molecular complexity index is 1510. The Morgan fingerprint density at radius 1 is 1.02 bits per heavy atom. The molecule has 12 heteroatoms. The SMILES string of the molecule is CN1C(=O)CC(C(=O)NC(Cc2ccc(NC(=O)c3c(Cl)cccc3Cl)cc2)C(=O)O)C1c1ccc2c(c1)OCO2. The highest BCUT2D eigenvalue weighted by Gasteiger charge is 2.44. The molecule has 5 rings (SSSR count). The fourth-order valence-electron chi connectivity index (χ4n) is 5.00. The van der Waals surface area contributed by atoms with Gasteiger partial charge in [0.15, 0.2) is 11.5 Å². The Kier molecular flexibility index (Phi) is 8.05. The van der Waals surface area contributed by atoms with E-state index >= 15 is 0 Å². The quantitative estimate of drug-likeness (QED) is 0.352. The molecule has 3 unspecified atom stereocenters. The summed E-state index contributed by atoms with van der Waals surface area (Å²) in [4.78, 5) is 52.1. The summed E-state index contributed by atoms with van der Waals surface area (Å²) >= 11 is 12.2. The van der Waals surface area contributed by atoms with Crippen LogP contribution in [0.15, 0.2) is 60.7 Å². The second kappa shape index (κ2) is 11.7. The van der Waals surface area contributed by atoms with Crippen molar-refractivity contribution in [3.8, 4) is 11.5 Å². The van der Waals surface area contributed by atoms with Crippen molar-refractivity contribution < 1.29 is 33.8 Å². The zero-order chi connectivity index (χ0) is 29.3. The molecule has 1 fully saturated rings. The number of aliphatic carboxylic acids is 1. The van der Waals surface area contributed by atoms with Crippen molar-refractivity contribution in [2.75, 3.05) is 19.2 Å². The summed E-state index contributed by atoms with van der Waals surface area (Å²) in [6, 6.07) is 14.6. The molecule has 0 spiro atoms. The molecular weight excluding hydrogens is 573 g/mol. The summed E-state index contributed by atoms with van der Waals surface area (Å²) in [6.07, 6.45) is -0.0749. The van der Waals surface area contributed by atoms with Crippen LogP contribution in [0.1, 0.15) is 33.9 Å². The minimum absolute atomic E-state index is 0.0170. The van der Waals surface area contributed by atoms with Gasteiger partial charge >= 0.3 is 5.97 Å². The zero-order valence-corrected chi connectivity index (χ0v) is 23.2. The Morgan fingerprint density at radius 3 is 2.39 bits per heavy atom. The molecule has 0 aromatic heterocycles. The van der Waals surface area contributed by atoms with Crippen LogP contribution >= 0.6 is 23.2 Å². The number of carboxylic acids is 1. The number of rotatable bonds is 8. The van der Waals surface area contributed by atoms with Gasteiger partial charge in [0.2, 0.25) is 18.6 Å². The highest BCUT2D eigenvalue weighted by atomic mass is 35.5. The summed E-state index contributed by atoms with van der Waals surface area (Å²) in [7, 11) is 1.61. The summed E-state index contributed by atoms with van der Waals surface area (Å²) < 4.78 is 10.8. The number of amides is 3. The predicted molar refractivity (Wildman–Crippen MR) is 150 cm³/mol. The molecular formula is C29H25Cl2N3O7. The predicted octanol–water partition coefficient (Wildman–Crippen LogP) is 4.31. The Labute approximate surface area is 245 Å². The van der Waals surface area contributed by atoms with E-state index in [-0.39, 0.29) is 41.2 Å². The topological polar surface area (TPSA) is 134 Å². The van der Waals surface area contributed by atoms with E-state index in [0.29, 0.717) is 28.3 Å². The summed E-state index contributed by atoms with van der Waals surface area (Å²) in [5, 5.41) is 15.6. The van der Waals surface area contributed by atoms with Gasteiger partial charge in [0.05, 0.1) is 27.6 Å². The Hall–Kier alpha value is -4.28. The third-order valence-corrected chi connectivity index (χ3v) is 7.75. The molecule has 41 heavy (non-hydrogen) atoms. The van der Waals surface area contributed by atoms with Crippen LogP contribution in [0.4, 0.5) is 5.69 Å². The monoisotopic (exact) mass is 597 g/mol. The molecule has 2 aliphatic heterocycles. The molecule has 2 aliphatic rings. The third kappa shape index (κ3) is 5.94. The van der Waals surface area contributed by atoms with E-state index in [4.69, 9.17) is 32.7 Å². The molecule has 0 radical (unpaired) electrons. The van der Waals surface area contributed by atoms with E-state index in [1.807, 2.05) is 0 Å². The molecule has 3 N–H and O–H groups in total. The summed E-state index contributed by atoms with van der Waals surface area (Å²) in [5.41, 5.74) is 1.89. The number of carboxylic acid groups (broad SMARTS) is 1. The van der Waals surface area contributed by atoms with Crippen molar-refractivity contribution in [3.63, 3.8) is 0 Å². The third-order valence-electron chi connectivity index (χ3n) is 7.12. The standard InChI is InChI=1S/C29H25Cl2N3O7/c1-34-24(35)13-18(26(34)16-7-10-22-23(12-16)41-14-40-22)27(36)33-21(29(38)39)11-15-5-8-17(9-6-15)32-28(37)25-19(30)3-2-4-20(25)31/h2-10,12,18,21,26H,11,13-14H2,1H3,(H,32,37)(H,33,36)(H,38,39). The number of likely N-dealkylation sites (tertiary alicyclic amines) is 1. The maximum absolute atomic E-state index is 13.3.